The molecule has 0 N–H and O–H groups in total. The summed E-state index contributed by atoms with van der Waals surface area (Å²) in [6.45, 7) is 21.6. The normalized spacial score (nSPS) is 20.5. The van der Waals surface area contributed by atoms with Gasteiger partial charge in [-0.1, -0.05) is 0 Å². The first kappa shape index (κ1) is 33.3. The summed E-state index contributed by atoms with van der Waals surface area (Å²) in [5, 5.41) is 0. The van der Waals surface area contributed by atoms with E-state index in [0.717, 1.165) is 10.5 Å². The third-order valence-corrected chi connectivity index (χ3v) is 30.3. The molecule has 7 rings (SSSR count). The fourth-order valence-electron chi connectivity index (χ4n) is 10.1. The number of rotatable bonds is 4. The van der Waals surface area contributed by atoms with E-state index < -0.39 is 18.3 Å². The van der Waals surface area contributed by atoms with Crippen molar-refractivity contribution in [2.24, 2.45) is 5.92 Å². The van der Waals surface area contributed by atoms with Gasteiger partial charge in [0.2, 0.25) is 0 Å². The number of benzene rings is 3. The molecule has 0 spiro atoms. The fraction of sp³-hybridized carbons (Fsp3) is 0.341. The monoisotopic (exact) mass is 700 g/mol. The molecule has 0 heterocycles. The molecule has 0 fully saturated rings. The van der Waals surface area contributed by atoms with Gasteiger partial charge in [0.25, 0.3) is 0 Å². The zero-order valence-corrected chi connectivity index (χ0v) is 32.0. The van der Waals surface area contributed by atoms with E-state index in [4.69, 9.17) is 4.21 Å². The van der Waals surface area contributed by atoms with Crippen molar-refractivity contribution in [3.63, 3.8) is 0 Å². The van der Waals surface area contributed by atoms with Gasteiger partial charge < -0.3 is 0 Å². The minimum absolute atomic E-state index is 0. The molecular weight excluding hydrogens is 655 g/mol. The van der Waals surface area contributed by atoms with E-state index >= 15 is 0 Å². The Kier molecular flexibility index (Phi) is 7.94. The fourth-order valence-corrected chi connectivity index (χ4v) is 28.6. The van der Waals surface area contributed by atoms with Crippen molar-refractivity contribution in [2.45, 2.75) is 83.7 Å². The Bertz CT molecular complexity index is 1930. The van der Waals surface area contributed by atoms with Crippen LogP contribution in [0.5, 0.6) is 0 Å². The average molecular weight is 703 g/mol. The molecule has 230 valence electrons. The molecule has 0 amide bonds. The van der Waals surface area contributed by atoms with Crippen LogP contribution in [0.4, 0.5) is 0 Å². The Balaban J connectivity index is 0.00000192. The summed E-state index contributed by atoms with van der Waals surface area (Å²) < 4.78 is 11.5. The van der Waals surface area contributed by atoms with Crippen molar-refractivity contribution < 1.29 is 18.3 Å². The van der Waals surface area contributed by atoms with Gasteiger partial charge in [0.05, 0.1) is 0 Å². The van der Waals surface area contributed by atoms with Gasteiger partial charge in [0.1, 0.15) is 0 Å². The molecule has 44 heavy (non-hydrogen) atoms. The van der Waals surface area contributed by atoms with Crippen LogP contribution in [0.2, 0.25) is 4.13 Å². The summed E-state index contributed by atoms with van der Waals surface area (Å²) in [5.41, 5.74) is 16.1. The zero-order chi connectivity index (χ0) is 30.0. The van der Waals surface area contributed by atoms with Gasteiger partial charge in [-0.15, -0.1) is 24.8 Å². The summed E-state index contributed by atoms with van der Waals surface area (Å²) in [6.07, 6.45) is 8.48. The van der Waals surface area contributed by atoms with Gasteiger partial charge in [0, 0.05) is 0 Å². The van der Waals surface area contributed by atoms with Crippen LogP contribution in [-0.4, -0.2) is 4.21 Å². The van der Waals surface area contributed by atoms with Crippen molar-refractivity contribution in [1.29, 1.82) is 0 Å². The predicted molar refractivity (Wildman–Crippen MR) is 196 cm³/mol. The van der Waals surface area contributed by atoms with Crippen molar-refractivity contribution in [3.8, 4) is 11.1 Å². The molecule has 3 aromatic carbocycles. The SMILES string of the molecule is Cl.Cl.[CH2]=[Zr]([CH2]C)([C]1=CC(C)=CC1C)([C]1=C(C)c2cc3c(cc2C1(C)C)Cc1cc2c(cc1-3)C(C)=CC2(C)C)[c]1ccccc1. The minimum atomic E-state index is -4.29. The quantitative estimate of drug-likeness (QED) is 0.199. The summed E-state index contributed by atoms with van der Waals surface area (Å²) in [7, 11) is 0. The van der Waals surface area contributed by atoms with Crippen molar-refractivity contribution in [3.05, 3.63) is 118 Å². The first-order valence-electron chi connectivity index (χ1n) is 16.0. The maximum absolute atomic E-state index is 5.59. The van der Waals surface area contributed by atoms with Crippen LogP contribution in [0.15, 0.2) is 85.0 Å². The first-order chi connectivity index (χ1) is 19.7. The molecule has 1 unspecified atom stereocenters. The second-order valence-corrected chi connectivity index (χ2v) is 29.3. The topological polar surface area (TPSA) is 0 Å². The molecule has 0 saturated heterocycles. The van der Waals surface area contributed by atoms with Gasteiger partial charge in [-0.25, -0.2) is 0 Å². The molecule has 3 heteroatoms. The number of hydrogen-bond acceptors (Lipinski definition) is 0. The molecule has 0 aliphatic heterocycles. The van der Waals surface area contributed by atoms with E-state index in [1.165, 1.54) is 64.5 Å². The Morgan fingerprint density at radius 2 is 1.41 bits per heavy atom. The van der Waals surface area contributed by atoms with Gasteiger partial charge in [-0.05, 0) is 0 Å². The number of hydrogen-bond donors (Lipinski definition) is 0. The van der Waals surface area contributed by atoms with E-state index in [1.54, 1.807) is 6.56 Å². The van der Waals surface area contributed by atoms with Gasteiger partial charge in [-0.2, -0.15) is 0 Å². The van der Waals surface area contributed by atoms with Crippen LogP contribution in [0.25, 0.3) is 22.3 Å². The average Bonchev–Trinajstić information content (AvgIpc) is 3.61. The van der Waals surface area contributed by atoms with E-state index in [-0.39, 0.29) is 35.6 Å². The molecule has 0 aromatic heterocycles. The van der Waals surface area contributed by atoms with E-state index in [1.807, 2.05) is 0 Å². The van der Waals surface area contributed by atoms with Crippen LogP contribution < -0.4 is 3.27 Å². The van der Waals surface area contributed by atoms with Crippen LogP contribution in [0.1, 0.15) is 95.7 Å². The van der Waals surface area contributed by atoms with Crippen LogP contribution in [0, 0.1) is 5.92 Å². The Hall–Kier alpha value is -2.05. The molecule has 4 aliphatic carbocycles. The van der Waals surface area contributed by atoms with Crippen molar-refractivity contribution >= 4 is 43.4 Å². The van der Waals surface area contributed by atoms with Crippen LogP contribution in [-0.2, 0) is 35.5 Å². The Morgan fingerprint density at radius 3 is 1.98 bits per heavy atom. The zero-order valence-electron chi connectivity index (χ0n) is 27.9. The number of fused-ring (bicyclic) bond motifs is 5. The van der Waals surface area contributed by atoms with Crippen molar-refractivity contribution in [1.82, 2.24) is 0 Å². The molecule has 0 radical (unpaired) electrons. The van der Waals surface area contributed by atoms with Crippen LogP contribution in [0.3, 0.4) is 0 Å². The summed E-state index contributed by atoms with van der Waals surface area (Å²) >= 11 is -4.29. The Morgan fingerprint density at radius 1 is 0.818 bits per heavy atom. The number of allylic oxidation sites excluding steroid dienone is 8. The van der Waals surface area contributed by atoms with E-state index in [9.17, 15) is 0 Å². The molecule has 1 atom stereocenters. The molecule has 0 saturated carbocycles. The molecule has 0 nitrogen and oxygen atoms in total. The van der Waals surface area contributed by atoms with Gasteiger partial charge >= 0.3 is 256 Å². The third kappa shape index (κ3) is 4.14. The van der Waals surface area contributed by atoms with E-state index in [2.05, 4.69) is 135 Å². The summed E-state index contributed by atoms with van der Waals surface area (Å²) in [6, 6.07) is 21.7. The molecule has 0 bridgehead atoms. The first-order valence-corrected chi connectivity index (χ1v) is 23.1. The van der Waals surface area contributed by atoms with Crippen LogP contribution >= 0.6 is 24.8 Å². The Labute approximate surface area is 278 Å². The predicted octanol–water partition coefficient (Wildman–Crippen LogP) is 11.2. The second kappa shape index (κ2) is 10.5. The molecular formula is C41H48Cl2Zr. The van der Waals surface area contributed by atoms with Gasteiger partial charge in [-0.3, -0.25) is 0 Å². The maximum atomic E-state index is 5.59. The van der Waals surface area contributed by atoms with E-state index in [0.29, 0.717) is 5.92 Å². The molecule has 4 aliphatic rings. The second-order valence-electron chi connectivity index (χ2n) is 15.2. The number of halogens is 2. The third-order valence-electron chi connectivity index (χ3n) is 11.9. The standard InChI is InChI=1S/C25H25.C7H9.C6H5.C2H5.CH2.2ClH.Zr/c1-14-12-24(3,4)22-8-16-7-17-9-23-19(15(2)13-25(23,5)6)11-21(17)20(16)10-18(14)22;1-6-3-4-7(2)5-6;1-2-4-6-5-3-1;1-2;;;;/h8-12H,7H2,1-6H3;3,5,7H,1-2H3;1-5H;1H2,2H3;1H2;2*1H;. The molecule has 3 aromatic rings. The van der Waals surface area contributed by atoms with Crippen molar-refractivity contribution in [2.75, 3.05) is 0 Å². The summed E-state index contributed by atoms with van der Waals surface area (Å²) in [4.78, 5) is 0. The van der Waals surface area contributed by atoms with Gasteiger partial charge in [0.15, 0.2) is 0 Å². The summed E-state index contributed by atoms with van der Waals surface area (Å²) in [5.74, 6) is 0.424.